The first-order valence-corrected chi connectivity index (χ1v) is 6.11. The number of rotatable bonds is 5. The molecule has 21 heavy (non-hydrogen) atoms. The van der Waals surface area contributed by atoms with Gasteiger partial charge < -0.3 is 14.6 Å². The molecule has 3 nitrogen and oxygen atoms in total. The Morgan fingerprint density at radius 1 is 1.05 bits per heavy atom. The molecule has 0 saturated carbocycles. The quantitative estimate of drug-likeness (QED) is 0.921. The third-order valence-corrected chi connectivity index (χ3v) is 2.86. The van der Waals surface area contributed by atoms with E-state index >= 15 is 0 Å². The van der Waals surface area contributed by atoms with E-state index in [1.807, 2.05) is 0 Å². The Labute approximate surface area is 119 Å². The molecule has 0 aliphatic heterocycles. The third kappa shape index (κ3) is 3.46. The van der Waals surface area contributed by atoms with Gasteiger partial charge in [0.2, 0.25) is 0 Å². The largest absolute Gasteiger partial charge is 0.493 e. The molecular formula is C15H13F3O3. The van der Waals surface area contributed by atoms with Crippen LogP contribution in [0, 0.1) is 17.5 Å². The molecule has 1 atom stereocenters. The summed E-state index contributed by atoms with van der Waals surface area (Å²) < 4.78 is 49.6. The highest BCUT2D eigenvalue weighted by Gasteiger charge is 2.15. The standard InChI is InChI=1S/C15H13F3O3/c1-20-14-4-2-3-11(17)15(14)21-8-13(19)9-5-6-10(16)12(18)7-9/h2-7,13,19H,8H2,1H3. The fraction of sp³-hybridized carbons (Fsp3) is 0.200. The second-order valence-corrected chi connectivity index (χ2v) is 4.27. The van der Waals surface area contributed by atoms with Gasteiger partial charge in [-0.05, 0) is 29.8 Å². The fourth-order valence-electron chi connectivity index (χ4n) is 1.77. The van der Waals surface area contributed by atoms with Crippen LogP contribution in [0.15, 0.2) is 36.4 Å². The number of methoxy groups -OCH3 is 1. The van der Waals surface area contributed by atoms with Crippen molar-refractivity contribution in [3.05, 3.63) is 59.4 Å². The molecule has 0 spiro atoms. The summed E-state index contributed by atoms with van der Waals surface area (Å²) in [5.74, 6) is -2.71. The summed E-state index contributed by atoms with van der Waals surface area (Å²) in [7, 11) is 1.35. The number of ether oxygens (including phenoxy) is 2. The van der Waals surface area contributed by atoms with Crippen LogP contribution in [0.25, 0.3) is 0 Å². The van der Waals surface area contributed by atoms with Crippen LogP contribution < -0.4 is 9.47 Å². The maximum absolute atomic E-state index is 13.6. The number of para-hydroxylation sites is 1. The van der Waals surface area contributed by atoms with Crippen LogP contribution in [-0.4, -0.2) is 18.8 Å². The monoisotopic (exact) mass is 298 g/mol. The van der Waals surface area contributed by atoms with Gasteiger partial charge >= 0.3 is 0 Å². The Morgan fingerprint density at radius 3 is 2.48 bits per heavy atom. The molecular weight excluding hydrogens is 285 g/mol. The molecule has 0 fully saturated rings. The van der Waals surface area contributed by atoms with Crippen LogP contribution in [-0.2, 0) is 0 Å². The zero-order valence-corrected chi connectivity index (χ0v) is 11.1. The highest BCUT2D eigenvalue weighted by atomic mass is 19.2. The van der Waals surface area contributed by atoms with E-state index < -0.39 is 23.6 Å². The number of hydrogen-bond acceptors (Lipinski definition) is 3. The van der Waals surface area contributed by atoms with Gasteiger partial charge in [-0.15, -0.1) is 0 Å². The Bertz CT molecular complexity index is 632. The van der Waals surface area contributed by atoms with Crippen molar-refractivity contribution in [2.45, 2.75) is 6.10 Å². The Balaban J connectivity index is 2.10. The summed E-state index contributed by atoms with van der Waals surface area (Å²) in [5.41, 5.74) is 0.129. The lowest BCUT2D eigenvalue weighted by Crippen LogP contribution is -2.11. The van der Waals surface area contributed by atoms with E-state index in [0.717, 1.165) is 12.1 Å². The van der Waals surface area contributed by atoms with E-state index in [2.05, 4.69) is 0 Å². The van der Waals surface area contributed by atoms with E-state index in [4.69, 9.17) is 9.47 Å². The van der Waals surface area contributed by atoms with E-state index in [0.29, 0.717) is 0 Å². The summed E-state index contributed by atoms with van der Waals surface area (Å²) in [4.78, 5) is 0. The van der Waals surface area contributed by atoms with E-state index in [9.17, 15) is 18.3 Å². The van der Waals surface area contributed by atoms with Crippen LogP contribution >= 0.6 is 0 Å². The van der Waals surface area contributed by atoms with E-state index in [1.165, 1.54) is 31.4 Å². The third-order valence-electron chi connectivity index (χ3n) is 2.86. The van der Waals surface area contributed by atoms with Gasteiger partial charge in [-0.25, -0.2) is 13.2 Å². The molecule has 2 aromatic carbocycles. The first kappa shape index (κ1) is 15.2. The smallest absolute Gasteiger partial charge is 0.197 e. The molecule has 1 N–H and O–H groups in total. The average molecular weight is 298 g/mol. The number of aliphatic hydroxyl groups is 1. The average Bonchev–Trinajstić information content (AvgIpc) is 2.48. The Hall–Kier alpha value is -2.21. The minimum absolute atomic E-state index is 0.129. The maximum Gasteiger partial charge on any atom is 0.197 e. The summed E-state index contributed by atoms with van der Waals surface area (Å²) in [6, 6.07) is 7.13. The summed E-state index contributed by atoms with van der Waals surface area (Å²) in [6.45, 7) is -0.331. The molecule has 2 rings (SSSR count). The lowest BCUT2D eigenvalue weighted by molar-refractivity contribution is 0.103. The number of hydrogen-bond donors (Lipinski definition) is 1. The molecule has 112 valence electrons. The fourth-order valence-corrected chi connectivity index (χ4v) is 1.77. The van der Waals surface area contributed by atoms with Crippen LogP contribution in [0.4, 0.5) is 13.2 Å². The van der Waals surface area contributed by atoms with Gasteiger partial charge in [0.05, 0.1) is 7.11 Å². The van der Waals surface area contributed by atoms with E-state index in [1.54, 1.807) is 0 Å². The number of halogens is 3. The summed E-state index contributed by atoms with van der Waals surface area (Å²) >= 11 is 0. The van der Waals surface area contributed by atoms with Crippen molar-refractivity contribution in [1.82, 2.24) is 0 Å². The molecule has 0 aliphatic carbocycles. The molecule has 0 bridgehead atoms. The Morgan fingerprint density at radius 2 is 1.81 bits per heavy atom. The molecule has 0 aromatic heterocycles. The van der Waals surface area contributed by atoms with Crippen LogP contribution in [0.2, 0.25) is 0 Å². The normalized spacial score (nSPS) is 12.0. The van der Waals surface area contributed by atoms with Crippen molar-refractivity contribution < 1.29 is 27.8 Å². The number of benzene rings is 2. The van der Waals surface area contributed by atoms with Gasteiger partial charge in [-0.1, -0.05) is 12.1 Å². The van der Waals surface area contributed by atoms with Crippen LogP contribution in [0.3, 0.4) is 0 Å². The number of aliphatic hydroxyl groups excluding tert-OH is 1. The lowest BCUT2D eigenvalue weighted by Gasteiger charge is -2.15. The molecule has 6 heteroatoms. The van der Waals surface area contributed by atoms with Crippen LogP contribution in [0.1, 0.15) is 11.7 Å². The highest BCUT2D eigenvalue weighted by molar-refractivity contribution is 5.40. The molecule has 0 heterocycles. The SMILES string of the molecule is COc1cccc(F)c1OCC(O)c1ccc(F)c(F)c1. The second-order valence-electron chi connectivity index (χ2n) is 4.27. The zero-order chi connectivity index (χ0) is 15.4. The van der Waals surface area contributed by atoms with Crippen molar-refractivity contribution in [1.29, 1.82) is 0 Å². The molecule has 0 amide bonds. The van der Waals surface area contributed by atoms with Crippen molar-refractivity contribution in [2.24, 2.45) is 0 Å². The topological polar surface area (TPSA) is 38.7 Å². The summed E-state index contributed by atoms with van der Waals surface area (Å²) in [5, 5.41) is 9.87. The maximum atomic E-state index is 13.6. The van der Waals surface area contributed by atoms with Gasteiger partial charge in [0.15, 0.2) is 29.0 Å². The van der Waals surface area contributed by atoms with Gasteiger partial charge in [-0.3, -0.25) is 0 Å². The first-order valence-electron chi connectivity index (χ1n) is 6.11. The zero-order valence-electron chi connectivity index (χ0n) is 11.1. The van der Waals surface area contributed by atoms with Crippen LogP contribution in [0.5, 0.6) is 11.5 Å². The van der Waals surface area contributed by atoms with Crippen molar-refractivity contribution in [3.8, 4) is 11.5 Å². The predicted molar refractivity (Wildman–Crippen MR) is 69.8 cm³/mol. The van der Waals surface area contributed by atoms with Gasteiger partial charge in [0.25, 0.3) is 0 Å². The lowest BCUT2D eigenvalue weighted by atomic mass is 10.1. The Kier molecular flexibility index (Phi) is 4.70. The van der Waals surface area contributed by atoms with Crippen molar-refractivity contribution in [2.75, 3.05) is 13.7 Å². The van der Waals surface area contributed by atoms with Crippen molar-refractivity contribution >= 4 is 0 Å². The van der Waals surface area contributed by atoms with E-state index in [-0.39, 0.29) is 23.7 Å². The predicted octanol–water partition coefficient (Wildman–Crippen LogP) is 3.22. The summed E-state index contributed by atoms with van der Waals surface area (Å²) in [6.07, 6.45) is -1.23. The molecule has 2 aromatic rings. The van der Waals surface area contributed by atoms with Gasteiger partial charge in [0, 0.05) is 0 Å². The second kappa shape index (κ2) is 6.49. The highest BCUT2D eigenvalue weighted by Crippen LogP contribution is 2.30. The minimum Gasteiger partial charge on any atom is -0.493 e. The molecule has 0 saturated heterocycles. The molecule has 0 radical (unpaired) electrons. The van der Waals surface area contributed by atoms with Crippen molar-refractivity contribution in [3.63, 3.8) is 0 Å². The van der Waals surface area contributed by atoms with Gasteiger partial charge in [0.1, 0.15) is 12.7 Å². The molecule has 1 unspecified atom stereocenters. The van der Waals surface area contributed by atoms with Gasteiger partial charge in [-0.2, -0.15) is 0 Å². The molecule has 0 aliphatic rings. The first-order chi connectivity index (χ1) is 10.0. The minimum atomic E-state index is -1.23.